The molecule has 0 fully saturated rings. The summed E-state index contributed by atoms with van der Waals surface area (Å²) in [5.41, 5.74) is 2.34. The van der Waals surface area contributed by atoms with E-state index < -0.39 is 0 Å². The highest BCUT2D eigenvalue weighted by atomic mass is 19.1. The summed E-state index contributed by atoms with van der Waals surface area (Å²) in [6.45, 7) is 4.08. The van der Waals surface area contributed by atoms with Gasteiger partial charge in [0, 0.05) is 42.2 Å². The molecule has 0 unspecified atom stereocenters. The zero-order valence-electron chi connectivity index (χ0n) is 13.7. The Kier molecular flexibility index (Phi) is 4.79. The molecule has 1 aromatic carbocycles. The number of hydrogen-bond acceptors (Lipinski definition) is 4. The van der Waals surface area contributed by atoms with Crippen LogP contribution < -0.4 is 5.32 Å². The lowest BCUT2D eigenvalue weighted by Gasteiger charge is -2.15. The normalized spacial score (nSPS) is 10.8. The molecule has 0 aliphatic heterocycles. The van der Waals surface area contributed by atoms with E-state index in [2.05, 4.69) is 20.3 Å². The fourth-order valence-electron chi connectivity index (χ4n) is 2.42. The first-order valence-corrected chi connectivity index (χ1v) is 7.89. The van der Waals surface area contributed by atoms with Gasteiger partial charge in [-0.1, -0.05) is 18.2 Å². The second kappa shape index (κ2) is 7.17. The molecule has 0 saturated carbocycles. The van der Waals surface area contributed by atoms with E-state index in [1.165, 1.54) is 6.07 Å². The summed E-state index contributed by atoms with van der Waals surface area (Å²) in [7, 11) is 0. The van der Waals surface area contributed by atoms with E-state index in [4.69, 9.17) is 0 Å². The number of hydrogen-bond donors (Lipinski definition) is 1. The molecule has 0 amide bonds. The summed E-state index contributed by atoms with van der Waals surface area (Å²) < 4.78 is 13.9. The van der Waals surface area contributed by atoms with Gasteiger partial charge in [-0.15, -0.1) is 0 Å². The molecular formula is C19H19FN4. The average Bonchev–Trinajstić information content (AvgIpc) is 2.58. The van der Waals surface area contributed by atoms with Crippen molar-refractivity contribution in [1.82, 2.24) is 15.0 Å². The van der Waals surface area contributed by atoms with Gasteiger partial charge >= 0.3 is 0 Å². The van der Waals surface area contributed by atoms with E-state index in [0.29, 0.717) is 17.8 Å². The third-order valence-electron chi connectivity index (χ3n) is 3.55. The van der Waals surface area contributed by atoms with Crippen LogP contribution in [0.5, 0.6) is 0 Å². The molecule has 24 heavy (non-hydrogen) atoms. The van der Waals surface area contributed by atoms with Crippen molar-refractivity contribution >= 4 is 5.82 Å². The fourth-order valence-corrected chi connectivity index (χ4v) is 2.42. The molecule has 2 aromatic heterocycles. The summed E-state index contributed by atoms with van der Waals surface area (Å²) in [6, 6.07) is 10.7. The van der Waals surface area contributed by atoms with E-state index in [0.717, 1.165) is 16.9 Å². The van der Waals surface area contributed by atoms with Crippen molar-refractivity contribution in [2.24, 2.45) is 0 Å². The molecule has 0 spiro atoms. The van der Waals surface area contributed by atoms with Crippen molar-refractivity contribution in [1.29, 1.82) is 0 Å². The van der Waals surface area contributed by atoms with E-state index in [1.54, 1.807) is 30.7 Å². The van der Waals surface area contributed by atoms with Crippen molar-refractivity contribution in [2.75, 3.05) is 5.32 Å². The molecule has 1 N–H and O–H groups in total. The lowest BCUT2D eigenvalue weighted by molar-refractivity contribution is 0.614. The monoisotopic (exact) mass is 322 g/mol. The molecular weight excluding hydrogens is 303 g/mol. The minimum atomic E-state index is -0.218. The summed E-state index contributed by atoms with van der Waals surface area (Å²) in [4.78, 5) is 13.2. The SMILES string of the molecule is CC(C)Nc1nc(-c2cccnc2)ncc1Cc1ccccc1F. The number of anilines is 1. The summed E-state index contributed by atoms with van der Waals surface area (Å²) in [5.74, 6) is 1.11. The molecule has 0 aliphatic rings. The van der Waals surface area contributed by atoms with E-state index in [-0.39, 0.29) is 11.9 Å². The van der Waals surface area contributed by atoms with Gasteiger partial charge in [-0.3, -0.25) is 4.98 Å². The van der Waals surface area contributed by atoms with Crippen LogP contribution in [0.25, 0.3) is 11.4 Å². The Balaban J connectivity index is 1.98. The Hall–Kier alpha value is -2.82. The maximum absolute atomic E-state index is 13.9. The van der Waals surface area contributed by atoms with Crippen LogP contribution in [0.4, 0.5) is 10.2 Å². The molecule has 0 aliphatic carbocycles. The van der Waals surface area contributed by atoms with Gasteiger partial charge in [-0.25, -0.2) is 14.4 Å². The molecule has 3 rings (SSSR count). The van der Waals surface area contributed by atoms with Gasteiger partial charge < -0.3 is 5.32 Å². The number of halogens is 1. The Morgan fingerprint density at radius 1 is 1.04 bits per heavy atom. The molecule has 0 saturated heterocycles. The summed E-state index contributed by atoms with van der Waals surface area (Å²) in [6.07, 6.45) is 5.63. The number of rotatable bonds is 5. The number of pyridine rings is 1. The zero-order valence-corrected chi connectivity index (χ0v) is 13.7. The van der Waals surface area contributed by atoms with Crippen LogP contribution in [0.2, 0.25) is 0 Å². The van der Waals surface area contributed by atoms with Gasteiger partial charge in [-0.2, -0.15) is 0 Å². The number of nitrogens with zero attached hydrogens (tertiary/aromatic N) is 3. The molecule has 0 bridgehead atoms. The minimum Gasteiger partial charge on any atom is -0.368 e. The largest absolute Gasteiger partial charge is 0.368 e. The van der Waals surface area contributed by atoms with E-state index >= 15 is 0 Å². The van der Waals surface area contributed by atoms with Crippen LogP contribution >= 0.6 is 0 Å². The van der Waals surface area contributed by atoms with Gasteiger partial charge in [0.05, 0.1) is 0 Å². The molecule has 0 atom stereocenters. The summed E-state index contributed by atoms with van der Waals surface area (Å²) >= 11 is 0. The first kappa shape index (κ1) is 16.1. The van der Waals surface area contributed by atoms with Crippen LogP contribution in [0.1, 0.15) is 25.0 Å². The quantitative estimate of drug-likeness (QED) is 0.769. The van der Waals surface area contributed by atoms with Crippen molar-refractivity contribution in [3.63, 3.8) is 0 Å². The second-order valence-electron chi connectivity index (χ2n) is 5.88. The molecule has 2 heterocycles. The smallest absolute Gasteiger partial charge is 0.163 e. The van der Waals surface area contributed by atoms with Gasteiger partial charge in [0.25, 0.3) is 0 Å². The first-order chi connectivity index (χ1) is 11.6. The van der Waals surface area contributed by atoms with Gasteiger partial charge in [-0.05, 0) is 37.6 Å². The fraction of sp³-hybridized carbons (Fsp3) is 0.211. The molecule has 4 nitrogen and oxygen atoms in total. The molecule has 122 valence electrons. The standard InChI is InChI=1S/C19H19FN4/c1-13(2)23-19-16(10-14-6-3-4-8-17(14)20)12-22-18(24-19)15-7-5-9-21-11-15/h3-9,11-13H,10H2,1-2H3,(H,22,23,24). The Bertz CT molecular complexity index is 819. The van der Waals surface area contributed by atoms with Crippen LogP contribution in [0.3, 0.4) is 0 Å². The topological polar surface area (TPSA) is 50.7 Å². The van der Waals surface area contributed by atoms with Gasteiger partial charge in [0.1, 0.15) is 11.6 Å². The number of aromatic nitrogens is 3. The Morgan fingerprint density at radius 2 is 1.88 bits per heavy atom. The molecule has 3 aromatic rings. The van der Waals surface area contributed by atoms with Crippen LogP contribution in [0.15, 0.2) is 55.0 Å². The van der Waals surface area contributed by atoms with Crippen molar-refractivity contribution in [2.45, 2.75) is 26.3 Å². The highest BCUT2D eigenvalue weighted by molar-refractivity contribution is 5.58. The highest BCUT2D eigenvalue weighted by Gasteiger charge is 2.12. The zero-order chi connectivity index (χ0) is 16.9. The van der Waals surface area contributed by atoms with Crippen LogP contribution in [-0.4, -0.2) is 21.0 Å². The van der Waals surface area contributed by atoms with Crippen molar-refractivity contribution in [3.8, 4) is 11.4 Å². The number of nitrogens with one attached hydrogen (secondary N) is 1. The van der Waals surface area contributed by atoms with Crippen molar-refractivity contribution in [3.05, 3.63) is 71.9 Å². The highest BCUT2D eigenvalue weighted by Crippen LogP contribution is 2.22. The van der Waals surface area contributed by atoms with E-state index in [9.17, 15) is 4.39 Å². The Morgan fingerprint density at radius 3 is 2.58 bits per heavy atom. The maximum atomic E-state index is 13.9. The maximum Gasteiger partial charge on any atom is 0.163 e. The third kappa shape index (κ3) is 3.74. The van der Waals surface area contributed by atoms with Crippen LogP contribution in [-0.2, 0) is 6.42 Å². The average molecular weight is 322 g/mol. The summed E-state index contributed by atoms with van der Waals surface area (Å²) in [5, 5.41) is 3.33. The van der Waals surface area contributed by atoms with Crippen LogP contribution in [0, 0.1) is 5.82 Å². The third-order valence-corrected chi connectivity index (χ3v) is 3.55. The second-order valence-corrected chi connectivity index (χ2v) is 5.88. The lowest BCUT2D eigenvalue weighted by Crippen LogP contribution is -2.14. The van der Waals surface area contributed by atoms with Crippen molar-refractivity contribution < 1.29 is 4.39 Å². The first-order valence-electron chi connectivity index (χ1n) is 7.89. The molecule has 0 radical (unpaired) electrons. The van der Waals surface area contributed by atoms with Gasteiger partial charge in [0.2, 0.25) is 0 Å². The predicted octanol–water partition coefficient (Wildman–Crippen LogP) is 4.09. The number of benzene rings is 1. The molecule has 5 heteroatoms. The minimum absolute atomic E-state index is 0.209. The van der Waals surface area contributed by atoms with Gasteiger partial charge in [0.15, 0.2) is 5.82 Å². The van der Waals surface area contributed by atoms with E-state index in [1.807, 2.05) is 32.0 Å². The lowest BCUT2D eigenvalue weighted by atomic mass is 10.1. The Labute approximate surface area is 140 Å². The predicted molar refractivity (Wildman–Crippen MR) is 93.2 cm³/mol.